The van der Waals surface area contributed by atoms with Crippen LogP contribution in [0.4, 0.5) is 0 Å². The van der Waals surface area contributed by atoms with Gasteiger partial charge in [-0.05, 0) is 12.1 Å². The average molecular weight is 196 g/mol. The number of hydrogen-bond donors (Lipinski definition) is 0. The molecule has 72 valence electrons. The molecule has 0 N–H and O–H groups in total. The fraction of sp³-hybridized carbons (Fsp3) is 0. The van der Waals surface area contributed by atoms with Gasteiger partial charge in [-0.1, -0.05) is 22.9 Å². The Morgan fingerprint density at radius 3 is 2.60 bits per heavy atom. The molecular formula is C12H10N3+. The highest BCUT2D eigenvalue weighted by molar-refractivity contribution is 5.74. The molecule has 3 aromatic rings. The van der Waals surface area contributed by atoms with E-state index in [2.05, 4.69) is 11.1 Å². The molecular weight excluding hydrogens is 186 g/mol. The molecule has 15 heavy (non-hydrogen) atoms. The van der Waals surface area contributed by atoms with Gasteiger partial charge in [0.15, 0.2) is 6.33 Å². The number of imidazole rings is 1. The molecule has 0 radical (unpaired) electrons. The topological polar surface area (TPSA) is 21.7 Å². The largest absolute Gasteiger partial charge is 0.230 e. The predicted octanol–water partition coefficient (Wildman–Crippen LogP) is 1.64. The first-order valence-electron chi connectivity index (χ1n) is 4.84. The highest BCUT2D eigenvalue weighted by Gasteiger charge is 2.07. The Morgan fingerprint density at radius 2 is 1.73 bits per heavy atom. The van der Waals surface area contributed by atoms with Gasteiger partial charge in [0, 0.05) is 12.1 Å². The van der Waals surface area contributed by atoms with E-state index in [0.29, 0.717) is 0 Å². The van der Waals surface area contributed by atoms with E-state index < -0.39 is 0 Å². The molecule has 0 bridgehead atoms. The summed E-state index contributed by atoms with van der Waals surface area (Å²) in [4.78, 5) is 4.34. The summed E-state index contributed by atoms with van der Waals surface area (Å²) < 4.78 is 4.00. The minimum Gasteiger partial charge on any atom is -0.230 e. The zero-order valence-corrected chi connectivity index (χ0v) is 8.12. The van der Waals surface area contributed by atoms with Gasteiger partial charge in [0.25, 0.3) is 0 Å². The van der Waals surface area contributed by atoms with Crippen LogP contribution in [0.1, 0.15) is 0 Å². The van der Waals surface area contributed by atoms with Gasteiger partial charge in [0.1, 0.15) is 5.52 Å². The van der Waals surface area contributed by atoms with E-state index >= 15 is 0 Å². The van der Waals surface area contributed by atoms with Crippen LogP contribution in [0.2, 0.25) is 0 Å². The van der Waals surface area contributed by atoms with Crippen LogP contribution in [-0.4, -0.2) is 9.66 Å². The highest BCUT2D eigenvalue weighted by Crippen LogP contribution is 2.08. The first-order valence-corrected chi connectivity index (χ1v) is 4.84. The summed E-state index contributed by atoms with van der Waals surface area (Å²) in [5.74, 6) is 0. The summed E-state index contributed by atoms with van der Waals surface area (Å²) in [6.45, 7) is 0. The van der Waals surface area contributed by atoms with Crippen molar-refractivity contribution < 1.29 is 4.68 Å². The molecule has 2 heterocycles. The van der Waals surface area contributed by atoms with Crippen LogP contribution < -0.4 is 4.68 Å². The van der Waals surface area contributed by atoms with Gasteiger partial charge in [-0.15, -0.1) is 4.68 Å². The summed E-state index contributed by atoms with van der Waals surface area (Å²) in [5.41, 5.74) is 2.11. The van der Waals surface area contributed by atoms with Gasteiger partial charge in [0.05, 0.1) is 5.52 Å². The van der Waals surface area contributed by atoms with Crippen molar-refractivity contribution in [3.8, 4) is 0 Å². The number of para-hydroxylation sites is 2. The van der Waals surface area contributed by atoms with Crippen LogP contribution in [0.5, 0.6) is 0 Å². The van der Waals surface area contributed by atoms with E-state index in [1.54, 1.807) is 0 Å². The van der Waals surface area contributed by atoms with E-state index in [4.69, 9.17) is 0 Å². The van der Waals surface area contributed by atoms with Crippen LogP contribution >= 0.6 is 0 Å². The standard InChI is InChI=1S/C12H10N3/c1-4-8-14(9-5-1)15-10-13-11-6-2-3-7-12(11)15/h1-10H/q+1. The van der Waals surface area contributed by atoms with Crippen LogP contribution in [0, 0.1) is 0 Å². The lowest BCUT2D eigenvalue weighted by Gasteiger charge is -1.95. The van der Waals surface area contributed by atoms with Crippen molar-refractivity contribution in [3.63, 3.8) is 0 Å². The summed E-state index contributed by atoms with van der Waals surface area (Å²) in [6.07, 6.45) is 5.81. The molecule has 0 unspecified atom stereocenters. The molecule has 0 spiro atoms. The Labute approximate surface area is 87.2 Å². The van der Waals surface area contributed by atoms with Crippen molar-refractivity contribution in [2.24, 2.45) is 0 Å². The maximum absolute atomic E-state index is 4.34. The van der Waals surface area contributed by atoms with Crippen molar-refractivity contribution in [1.29, 1.82) is 0 Å². The lowest BCUT2D eigenvalue weighted by Crippen LogP contribution is -2.39. The second-order valence-corrected chi connectivity index (χ2v) is 3.33. The zero-order valence-electron chi connectivity index (χ0n) is 8.12. The Hall–Kier alpha value is -2.16. The third-order valence-corrected chi connectivity index (χ3v) is 2.38. The van der Waals surface area contributed by atoms with Crippen molar-refractivity contribution in [2.75, 3.05) is 0 Å². The second-order valence-electron chi connectivity index (χ2n) is 3.33. The molecule has 0 atom stereocenters. The fourth-order valence-corrected chi connectivity index (χ4v) is 1.66. The summed E-state index contributed by atoms with van der Waals surface area (Å²) in [6, 6.07) is 14.1. The van der Waals surface area contributed by atoms with Gasteiger partial charge in [-0.3, -0.25) is 0 Å². The molecule has 0 aliphatic rings. The van der Waals surface area contributed by atoms with E-state index in [1.807, 2.05) is 64.5 Å². The number of nitrogens with zero attached hydrogens (tertiary/aromatic N) is 3. The third kappa shape index (κ3) is 1.29. The molecule has 0 amide bonds. The van der Waals surface area contributed by atoms with Crippen molar-refractivity contribution in [3.05, 3.63) is 61.2 Å². The van der Waals surface area contributed by atoms with Gasteiger partial charge in [-0.25, -0.2) is 4.98 Å². The maximum atomic E-state index is 4.34. The fourth-order valence-electron chi connectivity index (χ4n) is 1.66. The molecule has 0 saturated carbocycles. The van der Waals surface area contributed by atoms with E-state index in [1.165, 1.54) is 0 Å². The lowest BCUT2D eigenvalue weighted by molar-refractivity contribution is -0.724. The van der Waals surface area contributed by atoms with E-state index in [0.717, 1.165) is 11.0 Å². The second kappa shape index (κ2) is 3.20. The Morgan fingerprint density at radius 1 is 0.933 bits per heavy atom. The summed E-state index contributed by atoms with van der Waals surface area (Å²) in [7, 11) is 0. The Balaban J connectivity index is 2.28. The molecule has 2 aromatic heterocycles. The SMILES string of the molecule is c1cc[n+](-n2cnc3ccccc32)cc1. The first kappa shape index (κ1) is 8.17. The average Bonchev–Trinajstić information content (AvgIpc) is 2.74. The third-order valence-electron chi connectivity index (χ3n) is 2.38. The van der Waals surface area contributed by atoms with Crippen molar-refractivity contribution >= 4 is 11.0 Å². The first-order chi connectivity index (χ1) is 7.45. The summed E-state index contributed by atoms with van der Waals surface area (Å²) in [5, 5.41) is 0. The Kier molecular flexibility index (Phi) is 1.75. The maximum Gasteiger partial charge on any atom is 0.200 e. The molecule has 3 nitrogen and oxygen atoms in total. The monoisotopic (exact) mass is 196 g/mol. The smallest absolute Gasteiger partial charge is 0.200 e. The van der Waals surface area contributed by atoms with Gasteiger partial charge in [-0.2, -0.15) is 0 Å². The van der Waals surface area contributed by atoms with E-state index in [-0.39, 0.29) is 0 Å². The van der Waals surface area contributed by atoms with Gasteiger partial charge < -0.3 is 0 Å². The van der Waals surface area contributed by atoms with Gasteiger partial charge in [0.2, 0.25) is 12.4 Å². The number of benzene rings is 1. The molecule has 0 aliphatic heterocycles. The van der Waals surface area contributed by atoms with Crippen LogP contribution in [-0.2, 0) is 0 Å². The predicted molar refractivity (Wildman–Crippen MR) is 57.2 cm³/mol. The number of hydrogen-bond acceptors (Lipinski definition) is 1. The lowest BCUT2D eigenvalue weighted by atomic mass is 10.3. The molecule has 0 saturated heterocycles. The van der Waals surface area contributed by atoms with Crippen molar-refractivity contribution in [1.82, 2.24) is 9.66 Å². The molecule has 1 aromatic carbocycles. The number of rotatable bonds is 1. The van der Waals surface area contributed by atoms with Crippen LogP contribution in [0.25, 0.3) is 11.0 Å². The normalized spacial score (nSPS) is 10.7. The number of aromatic nitrogens is 3. The van der Waals surface area contributed by atoms with Crippen LogP contribution in [0.3, 0.4) is 0 Å². The highest BCUT2D eigenvalue weighted by atomic mass is 15.5. The minimum atomic E-state index is 1.01. The molecule has 3 heteroatoms. The van der Waals surface area contributed by atoms with Crippen molar-refractivity contribution in [2.45, 2.75) is 0 Å². The molecule has 3 rings (SSSR count). The van der Waals surface area contributed by atoms with Gasteiger partial charge >= 0.3 is 0 Å². The van der Waals surface area contributed by atoms with Crippen LogP contribution in [0.15, 0.2) is 61.2 Å². The minimum absolute atomic E-state index is 1.01. The number of fused-ring (bicyclic) bond motifs is 1. The number of pyridine rings is 1. The van der Waals surface area contributed by atoms with E-state index in [9.17, 15) is 0 Å². The molecule has 0 aliphatic carbocycles. The molecule has 0 fully saturated rings. The Bertz CT molecular complexity index is 584. The summed E-state index contributed by atoms with van der Waals surface area (Å²) >= 11 is 0. The quantitative estimate of drug-likeness (QED) is 0.542. The zero-order chi connectivity index (χ0) is 10.1.